The standard InChI is InChI=1S/C15H25FN2O/c1-5-17-13(10-11-18(3)6-2)15-12(16)8-7-9-14(15)19-4/h7-9,13,17H,5-6,10-11H2,1-4H3. The zero-order chi connectivity index (χ0) is 14.3. The van der Waals surface area contributed by atoms with E-state index in [0.29, 0.717) is 11.3 Å². The summed E-state index contributed by atoms with van der Waals surface area (Å²) in [5.41, 5.74) is 0.636. The SMILES string of the molecule is CCNC(CCN(C)CC)c1c(F)cccc1OC. The lowest BCUT2D eigenvalue weighted by Crippen LogP contribution is -2.28. The third-order valence-electron chi connectivity index (χ3n) is 3.37. The average Bonchev–Trinajstić information content (AvgIpc) is 2.43. The molecule has 4 heteroatoms. The molecular weight excluding hydrogens is 243 g/mol. The van der Waals surface area contributed by atoms with Crippen molar-refractivity contribution < 1.29 is 9.13 Å². The van der Waals surface area contributed by atoms with E-state index in [9.17, 15) is 4.39 Å². The first-order chi connectivity index (χ1) is 9.13. The molecule has 3 nitrogen and oxygen atoms in total. The summed E-state index contributed by atoms with van der Waals surface area (Å²) in [4.78, 5) is 2.22. The van der Waals surface area contributed by atoms with Gasteiger partial charge in [-0.1, -0.05) is 19.9 Å². The second kappa shape index (κ2) is 8.12. The molecule has 1 N–H and O–H groups in total. The molecule has 1 aromatic carbocycles. The van der Waals surface area contributed by atoms with Gasteiger partial charge in [-0.3, -0.25) is 0 Å². The first-order valence-electron chi connectivity index (χ1n) is 6.88. The van der Waals surface area contributed by atoms with E-state index in [0.717, 1.165) is 26.1 Å². The summed E-state index contributed by atoms with van der Waals surface area (Å²) < 4.78 is 19.4. The quantitative estimate of drug-likeness (QED) is 0.784. The van der Waals surface area contributed by atoms with Gasteiger partial charge in [-0.2, -0.15) is 0 Å². The summed E-state index contributed by atoms with van der Waals surface area (Å²) in [6.07, 6.45) is 0.857. The number of halogens is 1. The molecule has 0 fully saturated rings. The van der Waals surface area contributed by atoms with Gasteiger partial charge >= 0.3 is 0 Å². The highest BCUT2D eigenvalue weighted by atomic mass is 19.1. The van der Waals surface area contributed by atoms with Gasteiger partial charge < -0.3 is 15.0 Å². The van der Waals surface area contributed by atoms with Gasteiger partial charge in [0.1, 0.15) is 11.6 Å². The Morgan fingerprint density at radius 3 is 2.68 bits per heavy atom. The third kappa shape index (κ3) is 4.48. The Bertz CT molecular complexity index is 384. The molecule has 0 saturated carbocycles. The van der Waals surface area contributed by atoms with Gasteiger partial charge in [0.2, 0.25) is 0 Å². The number of rotatable bonds is 8. The molecule has 0 aliphatic carbocycles. The van der Waals surface area contributed by atoms with E-state index < -0.39 is 0 Å². The van der Waals surface area contributed by atoms with Crippen LogP contribution in [0.4, 0.5) is 4.39 Å². The third-order valence-corrected chi connectivity index (χ3v) is 3.37. The molecule has 1 atom stereocenters. The largest absolute Gasteiger partial charge is 0.496 e. The van der Waals surface area contributed by atoms with Crippen molar-refractivity contribution >= 4 is 0 Å². The molecule has 0 saturated heterocycles. The van der Waals surface area contributed by atoms with Gasteiger partial charge in [-0.05, 0) is 45.2 Å². The maximum Gasteiger partial charge on any atom is 0.131 e. The fourth-order valence-corrected chi connectivity index (χ4v) is 2.14. The van der Waals surface area contributed by atoms with Crippen LogP contribution < -0.4 is 10.1 Å². The molecule has 0 heterocycles. The lowest BCUT2D eigenvalue weighted by Gasteiger charge is -2.23. The van der Waals surface area contributed by atoms with Crippen LogP contribution in [0.15, 0.2) is 18.2 Å². The smallest absolute Gasteiger partial charge is 0.131 e. The van der Waals surface area contributed by atoms with Crippen molar-refractivity contribution in [2.24, 2.45) is 0 Å². The number of ether oxygens (including phenoxy) is 1. The maximum atomic E-state index is 14.1. The van der Waals surface area contributed by atoms with Crippen LogP contribution in [0.5, 0.6) is 5.75 Å². The molecule has 0 aliphatic heterocycles. The summed E-state index contributed by atoms with van der Waals surface area (Å²) in [6, 6.07) is 4.96. The summed E-state index contributed by atoms with van der Waals surface area (Å²) in [6.45, 7) is 6.87. The average molecular weight is 268 g/mol. The Morgan fingerprint density at radius 1 is 1.37 bits per heavy atom. The zero-order valence-corrected chi connectivity index (χ0v) is 12.4. The van der Waals surface area contributed by atoms with Crippen molar-refractivity contribution in [1.29, 1.82) is 0 Å². The minimum atomic E-state index is -0.204. The lowest BCUT2D eigenvalue weighted by atomic mass is 10.0. The van der Waals surface area contributed by atoms with Gasteiger partial charge in [0, 0.05) is 11.6 Å². The van der Waals surface area contributed by atoms with E-state index in [2.05, 4.69) is 24.2 Å². The van der Waals surface area contributed by atoms with E-state index in [1.165, 1.54) is 6.07 Å². The highest BCUT2D eigenvalue weighted by Crippen LogP contribution is 2.29. The molecule has 1 unspecified atom stereocenters. The molecular formula is C15H25FN2O. The Balaban J connectivity index is 2.91. The fraction of sp³-hybridized carbons (Fsp3) is 0.600. The first-order valence-corrected chi connectivity index (χ1v) is 6.88. The Hall–Kier alpha value is -1.13. The topological polar surface area (TPSA) is 24.5 Å². The normalized spacial score (nSPS) is 12.7. The lowest BCUT2D eigenvalue weighted by molar-refractivity contribution is 0.315. The second-order valence-corrected chi connectivity index (χ2v) is 4.65. The van der Waals surface area contributed by atoms with Crippen LogP contribution in [0.1, 0.15) is 31.9 Å². The van der Waals surface area contributed by atoms with E-state index >= 15 is 0 Å². The van der Waals surface area contributed by atoms with E-state index in [-0.39, 0.29) is 11.9 Å². The Morgan fingerprint density at radius 2 is 2.11 bits per heavy atom. The van der Waals surface area contributed by atoms with Crippen LogP contribution in [0.3, 0.4) is 0 Å². The number of benzene rings is 1. The molecule has 1 aromatic rings. The van der Waals surface area contributed by atoms with Gasteiger partial charge in [0.25, 0.3) is 0 Å². The highest BCUT2D eigenvalue weighted by molar-refractivity contribution is 5.37. The van der Waals surface area contributed by atoms with Crippen LogP contribution in [0.25, 0.3) is 0 Å². The molecule has 0 aliphatic rings. The molecule has 1 rings (SSSR count). The van der Waals surface area contributed by atoms with Gasteiger partial charge in [0.15, 0.2) is 0 Å². The molecule has 108 valence electrons. The fourth-order valence-electron chi connectivity index (χ4n) is 2.14. The number of nitrogens with zero attached hydrogens (tertiary/aromatic N) is 1. The molecule has 19 heavy (non-hydrogen) atoms. The number of nitrogens with one attached hydrogen (secondary N) is 1. The van der Waals surface area contributed by atoms with Crippen LogP contribution >= 0.6 is 0 Å². The van der Waals surface area contributed by atoms with Crippen LogP contribution in [0.2, 0.25) is 0 Å². The van der Waals surface area contributed by atoms with Crippen molar-refractivity contribution in [3.8, 4) is 5.75 Å². The summed E-state index contributed by atoms with van der Waals surface area (Å²) >= 11 is 0. The second-order valence-electron chi connectivity index (χ2n) is 4.65. The number of hydrogen-bond acceptors (Lipinski definition) is 3. The number of methoxy groups -OCH3 is 1. The Labute approximate surface area is 115 Å². The summed E-state index contributed by atoms with van der Waals surface area (Å²) in [7, 11) is 3.65. The van der Waals surface area contributed by atoms with Gasteiger partial charge in [-0.25, -0.2) is 4.39 Å². The van der Waals surface area contributed by atoms with Crippen LogP contribution in [-0.2, 0) is 0 Å². The monoisotopic (exact) mass is 268 g/mol. The predicted molar refractivity (Wildman–Crippen MR) is 77.2 cm³/mol. The summed E-state index contributed by atoms with van der Waals surface area (Å²) in [5.74, 6) is 0.412. The highest BCUT2D eigenvalue weighted by Gasteiger charge is 2.19. The minimum absolute atomic E-state index is 0.0184. The zero-order valence-electron chi connectivity index (χ0n) is 12.4. The maximum absolute atomic E-state index is 14.1. The minimum Gasteiger partial charge on any atom is -0.496 e. The van der Waals surface area contributed by atoms with Gasteiger partial charge in [-0.15, -0.1) is 0 Å². The van der Waals surface area contributed by atoms with Gasteiger partial charge in [0.05, 0.1) is 7.11 Å². The first kappa shape index (κ1) is 15.9. The van der Waals surface area contributed by atoms with E-state index in [1.54, 1.807) is 13.2 Å². The van der Waals surface area contributed by atoms with Crippen molar-refractivity contribution in [2.45, 2.75) is 26.3 Å². The molecule has 0 aromatic heterocycles. The molecule has 0 amide bonds. The molecule has 0 bridgehead atoms. The van der Waals surface area contributed by atoms with Crippen LogP contribution in [-0.4, -0.2) is 38.7 Å². The molecule has 0 radical (unpaired) electrons. The predicted octanol–water partition coefficient (Wildman–Crippen LogP) is 2.83. The Kier molecular flexibility index (Phi) is 6.81. The van der Waals surface area contributed by atoms with Crippen molar-refractivity contribution in [3.05, 3.63) is 29.6 Å². The van der Waals surface area contributed by atoms with Crippen molar-refractivity contribution in [2.75, 3.05) is 33.8 Å². The van der Waals surface area contributed by atoms with Crippen molar-refractivity contribution in [3.63, 3.8) is 0 Å². The number of hydrogen-bond donors (Lipinski definition) is 1. The van der Waals surface area contributed by atoms with E-state index in [1.807, 2.05) is 13.0 Å². The summed E-state index contributed by atoms with van der Waals surface area (Å²) in [5, 5.41) is 3.35. The van der Waals surface area contributed by atoms with Crippen molar-refractivity contribution in [1.82, 2.24) is 10.2 Å². The molecule has 0 spiro atoms. The van der Waals surface area contributed by atoms with E-state index in [4.69, 9.17) is 4.74 Å². The van der Waals surface area contributed by atoms with Crippen LogP contribution in [0, 0.1) is 5.82 Å².